The molecule has 228 valence electrons. The first-order chi connectivity index (χ1) is 19.6. The zero-order valence-corrected chi connectivity index (χ0v) is 27.9. The summed E-state index contributed by atoms with van der Waals surface area (Å²) in [6, 6.07) is 0. The van der Waals surface area contributed by atoms with E-state index in [1.54, 1.807) is 0 Å². The minimum atomic E-state index is -0.331. The van der Waals surface area contributed by atoms with Crippen molar-refractivity contribution in [1.29, 1.82) is 0 Å². The normalized spacial score (nSPS) is 26.6. The first-order valence-corrected chi connectivity index (χ1v) is 15.4. The number of hydrogen-bond donors (Lipinski definition) is 2. The molecule has 0 aromatic heterocycles. The van der Waals surface area contributed by atoms with E-state index in [9.17, 15) is 10.2 Å². The van der Waals surface area contributed by atoms with Gasteiger partial charge in [-0.15, -0.1) is 0 Å². The second-order valence-electron chi connectivity index (χ2n) is 13.7. The highest BCUT2D eigenvalue weighted by Crippen LogP contribution is 2.42. The number of aliphatic hydroxyl groups is 2. The van der Waals surface area contributed by atoms with Gasteiger partial charge in [0.05, 0.1) is 12.2 Å². The predicted octanol–water partition coefficient (Wildman–Crippen LogP) is 10.4. The molecular formula is C40H56O2. The lowest BCUT2D eigenvalue weighted by atomic mass is 9.67. The van der Waals surface area contributed by atoms with Crippen LogP contribution in [0.3, 0.4) is 0 Å². The van der Waals surface area contributed by atoms with E-state index >= 15 is 0 Å². The van der Waals surface area contributed by atoms with Crippen LogP contribution in [0.15, 0.2) is 130 Å². The Morgan fingerprint density at radius 3 is 1.74 bits per heavy atom. The van der Waals surface area contributed by atoms with Crippen molar-refractivity contribution in [3.8, 4) is 0 Å². The molecule has 42 heavy (non-hydrogen) atoms. The Labute approximate surface area is 257 Å². The summed E-state index contributed by atoms with van der Waals surface area (Å²) in [5.41, 5.74) is 8.73. The topological polar surface area (TPSA) is 40.5 Å². The van der Waals surface area contributed by atoms with Gasteiger partial charge in [0, 0.05) is 5.92 Å². The highest BCUT2D eigenvalue weighted by atomic mass is 16.3. The summed E-state index contributed by atoms with van der Waals surface area (Å²) in [6.45, 7) is 21.6. The van der Waals surface area contributed by atoms with Crippen LogP contribution in [0.1, 0.15) is 88.5 Å². The van der Waals surface area contributed by atoms with Gasteiger partial charge in [-0.2, -0.15) is 0 Å². The van der Waals surface area contributed by atoms with Gasteiger partial charge in [-0.1, -0.05) is 152 Å². The maximum absolute atomic E-state index is 10.1. The number of aliphatic hydroxyl groups excluding tert-OH is 2. The van der Waals surface area contributed by atoms with Crippen LogP contribution in [0.4, 0.5) is 0 Å². The van der Waals surface area contributed by atoms with Crippen molar-refractivity contribution in [3.05, 3.63) is 130 Å². The second kappa shape index (κ2) is 16.1. The summed E-state index contributed by atoms with van der Waals surface area (Å²) in [6.07, 6.45) is 33.8. The Morgan fingerprint density at radius 1 is 0.714 bits per heavy atom. The highest BCUT2D eigenvalue weighted by molar-refractivity contribution is 5.38. The molecule has 0 spiro atoms. The van der Waals surface area contributed by atoms with Crippen LogP contribution in [0.5, 0.6) is 0 Å². The van der Waals surface area contributed by atoms with Gasteiger partial charge >= 0.3 is 0 Å². The van der Waals surface area contributed by atoms with Crippen LogP contribution in [0.2, 0.25) is 0 Å². The monoisotopic (exact) mass is 568 g/mol. The van der Waals surface area contributed by atoms with Crippen molar-refractivity contribution in [2.24, 2.45) is 16.7 Å². The van der Waals surface area contributed by atoms with Gasteiger partial charge in [0.15, 0.2) is 0 Å². The molecule has 2 unspecified atom stereocenters. The van der Waals surface area contributed by atoms with Crippen LogP contribution in [-0.4, -0.2) is 22.4 Å². The fourth-order valence-electron chi connectivity index (χ4n) is 6.14. The van der Waals surface area contributed by atoms with E-state index in [0.29, 0.717) is 5.92 Å². The maximum Gasteiger partial charge on any atom is 0.0729 e. The van der Waals surface area contributed by atoms with E-state index in [1.165, 1.54) is 39.0 Å². The van der Waals surface area contributed by atoms with E-state index in [-0.39, 0.29) is 23.0 Å². The molecule has 0 bridgehead atoms. The van der Waals surface area contributed by atoms with E-state index in [2.05, 4.69) is 154 Å². The van der Waals surface area contributed by atoms with Crippen LogP contribution < -0.4 is 0 Å². The zero-order chi connectivity index (χ0) is 31.5. The molecule has 0 heterocycles. The summed E-state index contributed by atoms with van der Waals surface area (Å²) >= 11 is 0. The molecule has 2 rings (SSSR count). The molecule has 0 aliphatic heterocycles. The SMILES string of the molecule is CC1=CC(O)CC(C)(C)[C@H]1/C=C/C(C)=C/C=C/C(C)=C/C=C/C=C(C)/C=C/C=C(C)/C=C/C1=C(C)CC(O)CC1(C)C. The molecule has 0 fully saturated rings. The highest BCUT2D eigenvalue weighted by Gasteiger charge is 2.34. The average molecular weight is 569 g/mol. The molecule has 3 atom stereocenters. The van der Waals surface area contributed by atoms with Gasteiger partial charge in [-0.3, -0.25) is 0 Å². The third kappa shape index (κ3) is 11.7. The Morgan fingerprint density at radius 2 is 1.21 bits per heavy atom. The summed E-state index contributed by atoms with van der Waals surface area (Å²) in [5.74, 6) is 0.348. The first kappa shape index (κ1) is 35.3. The standard InChI is InChI=1S/C40H56O2/c1-29(17-13-19-31(3)21-23-37-33(5)25-35(41)27-39(37,7)8)15-11-12-16-30(2)18-14-20-32(4)22-24-38-34(6)26-36(42)28-40(38,9)10/h11-25,35-37,41-42H,26-28H2,1-10H3/b12-11+,17-13+,18-14+,23-21+,24-22+,29-15+,30-16+,31-19+,32-20+/t35?,36?,37-/m0/s1. The molecule has 2 aliphatic carbocycles. The zero-order valence-electron chi connectivity index (χ0n) is 27.9. The molecule has 0 saturated heterocycles. The molecule has 0 aromatic carbocycles. The Bertz CT molecular complexity index is 1270. The first-order valence-electron chi connectivity index (χ1n) is 15.4. The second-order valence-corrected chi connectivity index (χ2v) is 13.7. The van der Waals surface area contributed by atoms with Gasteiger partial charge in [-0.05, 0) is 77.2 Å². The van der Waals surface area contributed by atoms with Gasteiger partial charge < -0.3 is 10.2 Å². The van der Waals surface area contributed by atoms with Crippen LogP contribution in [-0.2, 0) is 0 Å². The van der Waals surface area contributed by atoms with Crippen molar-refractivity contribution in [3.63, 3.8) is 0 Å². The molecule has 0 saturated carbocycles. The van der Waals surface area contributed by atoms with Gasteiger partial charge in [-0.25, -0.2) is 0 Å². The lowest BCUT2D eigenvalue weighted by molar-refractivity contribution is 0.116. The average Bonchev–Trinajstić information content (AvgIpc) is 2.84. The maximum atomic E-state index is 10.1. The summed E-state index contributed by atoms with van der Waals surface area (Å²) in [5, 5.41) is 20.2. The smallest absolute Gasteiger partial charge is 0.0729 e. The third-order valence-electron chi connectivity index (χ3n) is 8.33. The summed E-state index contributed by atoms with van der Waals surface area (Å²) in [4.78, 5) is 0. The minimum Gasteiger partial charge on any atom is -0.393 e. The van der Waals surface area contributed by atoms with E-state index < -0.39 is 0 Å². The predicted molar refractivity (Wildman–Crippen MR) is 184 cm³/mol. The molecule has 2 N–H and O–H groups in total. The Kier molecular flexibility index (Phi) is 13.5. The van der Waals surface area contributed by atoms with Crippen molar-refractivity contribution in [2.75, 3.05) is 0 Å². The molecule has 0 radical (unpaired) electrons. The minimum absolute atomic E-state index is 0.00528. The third-order valence-corrected chi connectivity index (χ3v) is 8.33. The van der Waals surface area contributed by atoms with Gasteiger partial charge in [0.25, 0.3) is 0 Å². The van der Waals surface area contributed by atoms with Crippen molar-refractivity contribution in [1.82, 2.24) is 0 Å². The lowest BCUT2D eigenvalue weighted by Gasteiger charge is -2.38. The van der Waals surface area contributed by atoms with Crippen molar-refractivity contribution < 1.29 is 10.2 Å². The fraction of sp³-hybridized carbons (Fsp3) is 0.450. The summed E-state index contributed by atoms with van der Waals surface area (Å²) < 4.78 is 0. The van der Waals surface area contributed by atoms with Gasteiger partial charge in [0.1, 0.15) is 0 Å². The van der Waals surface area contributed by atoms with Crippen LogP contribution in [0, 0.1) is 16.7 Å². The molecule has 2 nitrogen and oxygen atoms in total. The van der Waals surface area contributed by atoms with Crippen LogP contribution in [0.25, 0.3) is 0 Å². The molecule has 0 aromatic rings. The van der Waals surface area contributed by atoms with E-state index in [1.807, 2.05) is 6.08 Å². The van der Waals surface area contributed by atoms with Gasteiger partial charge in [0.2, 0.25) is 0 Å². The van der Waals surface area contributed by atoms with E-state index in [0.717, 1.165) is 19.3 Å². The van der Waals surface area contributed by atoms with Crippen molar-refractivity contribution in [2.45, 2.75) is 101 Å². The number of rotatable bonds is 10. The van der Waals surface area contributed by atoms with Crippen molar-refractivity contribution >= 4 is 0 Å². The Hall–Kier alpha value is -2.94. The lowest BCUT2D eigenvalue weighted by Crippen LogP contribution is -2.32. The molecule has 0 amide bonds. The molecule has 2 aliphatic rings. The largest absolute Gasteiger partial charge is 0.393 e. The fourth-order valence-corrected chi connectivity index (χ4v) is 6.14. The summed E-state index contributed by atoms with van der Waals surface area (Å²) in [7, 11) is 0. The van der Waals surface area contributed by atoms with E-state index in [4.69, 9.17) is 0 Å². The quantitative estimate of drug-likeness (QED) is 0.203. The number of allylic oxidation sites excluding steroid dienone is 20. The molecular weight excluding hydrogens is 512 g/mol. The molecule has 2 heteroatoms. The Balaban J connectivity index is 1.90. The number of hydrogen-bond acceptors (Lipinski definition) is 2. The van der Waals surface area contributed by atoms with Crippen LogP contribution >= 0.6 is 0 Å².